The number of rotatable bonds is 4. The zero-order valence-electron chi connectivity index (χ0n) is 10.5. The standard InChI is InChI=1S/C11H4F7I3O2/c12-9(13,10(14,15)11(16,17)18)8(22)23-3-4-1-5(19)2-6(20)7(4)21/h1-2H,3H2. The van der Waals surface area contributed by atoms with Gasteiger partial charge in [0, 0.05) is 16.3 Å². The minimum atomic E-state index is -6.58. The van der Waals surface area contributed by atoms with Crippen LogP contribution < -0.4 is 0 Å². The highest BCUT2D eigenvalue weighted by Crippen LogP contribution is 2.47. The van der Waals surface area contributed by atoms with E-state index in [2.05, 4.69) is 4.74 Å². The molecule has 0 aromatic heterocycles. The first-order valence-corrected chi connectivity index (χ1v) is 8.58. The van der Waals surface area contributed by atoms with Gasteiger partial charge in [-0.15, -0.1) is 0 Å². The summed E-state index contributed by atoms with van der Waals surface area (Å²) in [5, 5.41) is 0. The molecule has 0 amide bonds. The third kappa shape index (κ3) is 4.52. The van der Waals surface area contributed by atoms with Crippen LogP contribution in [0.25, 0.3) is 0 Å². The molecule has 0 saturated heterocycles. The molecule has 0 atom stereocenters. The topological polar surface area (TPSA) is 26.3 Å². The van der Waals surface area contributed by atoms with Crippen molar-refractivity contribution in [2.75, 3.05) is 0 Å². The Labute approximate surface area is 165 Å². The molecule has 0 bridgehead atoms. The van der Waals surface area contributed by atoms with Crippen molar-refractivity contribution in [3.8, 4) is 0 Å². The van der Waals surface area contributed by atoms with Crippen LogP contribution >= 0.6 is 67.8 Å². The smallest absolute Gasteiger partial charge is 0.456 e. The quantitative estimate of drug-likeness (QED) is 0.185. The molecule has 23 heavy (non-hydrogen) atoms. The molecule has 0 aliphatic carbocycles. The Kier molecular flexibility index (Phi) is 6.83. The fraction of sp³-hybridized carbons (Fsp3) is 0.364. The summed E-state index contributed by atoms with van der Waals surface area (Å²) in [7, 11) is 0. The molecule has 0 saturated carbocycles. The molecule has 12 heteroatoms. The second kappa shape index (κ2) is 7.33. The zero-order valence-corrected chi connectivity index (χ0v) is 16.9. The number of halogens is 10. The lowest BCUT2D eigenvalue weighted by atomic mass is 10.1. The summed E-state index contributed by atoms with van der Waals surface area (Å²) in [6, 6.07) is 3.14. The number of alkyl halides is 7. The summed E-state index contributed by atoms with van der Waals surface area (Å²) < 4.78 is 93.4. The predicted octanol–water partition coefficient (Wildman–Crippen LogP) is 5.38. The molecule has 0 aliphatic heterocycles. The minimum absolute atomic E-state index is 0.210. The van der Waals surface area contributed by atoms with Gasteiger partial charge in [0.05, 0.1) is 0 Å². The van der Waals surface area contributed by atoms with E-state index in [0.29, 0.717) is 10.7 Å². The lowest BCUT2D eigenvalue weighted by molar-refractivity contribution is -0.348. The molecular weight excluding hydrogens is 678 g/mol. The normalized spacial score (nSPS) is 13.1. The maximum absolute atomic E-state index is 13.1. The van der Waals surface area contributed by atoms with Crippen LogP contribution in [0.15, 0.2) is 12.1 Å². The fourth-order valence-corrected chi connectivity index (χ4v) is 3.69. The Hall–Kier alpha value is 0.390. The van der Waals surface area contributed by atoms with Crippen LogP contribution in [0.3, 0.4) is 0 Å². The van der Waals surface area contributed by atoms with Crippen LogP contribution in [0, 0.1) is 10.7 Å². The zero-order chi connectivity index (χ0) is 18.2. The van der Waals surface area contributed by atoms with E-state index in [9.17, 15) is 35.5 Å². The van der Waals surface area contributed by atoms with Gasteiger partial charge in [0.15, 0.2) is 0 Å². The molecule has 0 aliphatic rings. The maximum atomic E-state index is 13.1. The minimum Gasteiger partial charge on any atom is -0.456 e. The average Bonchev–Trinajstić information content (AvgIpc) is 2.39. The first-order chi connectivity index (χ1) is 10.2. The highest BCUT2D eigenvalue weighted by Gasteiger charge is 2.77. The highest BCUT2D eigenvalue weighted by atomic mass is 127. The van der Waals surface area contributed by atoms with E-state index < -0.39 is 30.6 Å². The Balaban J connectivity index is 2.97. The lowest BCUT2D eigenvalue weighted by Gasteiger charge is -2.26. The van der Waals surface area contributed by atoms with E-state index in [0.717, 1.165) is 0 Å². The molecule has 0 fully saturated rings. The van der Waals surface area contributed by atoms with Crippen molar-refractivity contribution in [3.05, 3.63) is 28.4 Å². The Morgan fingerprint density at radius 2 is 1.52 bits per heavy atom. The van der Waals surface area contributed by atoms with E-state index in [1.165, 1.54) is 6.07 Å². The summed E-state index contributed by atoms with van der Waals surface area (Å²) in [6.45, 7) is -0.854. The molecule has 0 N–H and O–H groups in total. The van der Waals surface area contributed by atoms with Gasteiger partial charge in [-0.3, -0.25) is 0 Å². The van der Waals surface area contributed by atoms with Crippen molar-refractivity contribution >= 4 is 73.7 Å². The molecule has 0 spiro atoms. The molecular formula is C11H4F7I3O2. The van der Waals surface area contributed by atoms with Crippen LogP contribution in [-0.2, 0) is 16.1 Å². The molecule has 1 aromatic carbocycles. The van der Waals surface area contributed by atoms with Crippen molar-refractivity contribution < 1.29 is 40.3 Å². The van der Waals surface area contributed by atoms with Crippen LogP contribution in [-0.4, -0.2) is 24.0 Å². The number of benzene rings is 1. The summed E-state index contributed by atoms with van der Waals surface area (Å²) in [6.07, 6.45) is -6.58. The summed E-state index contributed by atoms with van der Waals surface area (Å²) in [5.41, 5.74) is 0.210. The van der Waals surface area contributed by atoms with Crippen LogP contribution in [0.2, 0.25) is 0 Å². The Morgan fingerprint density at radius 1 is 1.00 bits per heavy atom. The summed E-state index contributed by atoms with van der Waals surface area (Å²) in [4.78, 5) is 11.1. The number of hydrogen-bond donors (Lipinski definition) is 0. The molecule has 130 valence electrons. The second-order valence-electron chi connectivity index (χ2n) is 4.08. The predicted molar refractivity (Wildman–Crippen MR) is 90.3 cm³/mol. The van der Waals surface area contributed by atoms with E-state index >= 15 is 0 Å². The van der Waals surface area contributed by atoms with Gasteiger partial charge in [-0.2, -0.15) is 30.7 Å². The van der Waals surface area contributed by atoms with Crippen molar-refractivity contribution in [1.82, 2.24) is 0 Å². The first kappa shape index (κ1) is 21.4. The van der Waals surface area contributed by atoms with E-state index in [4.69, 9.17) is 0 Å². The Bertz CT molecular complexity index is 616. The number of esters is 1. The van der Waals surface area contributed by atoms with E-state index in [1.807, 2.05) is 45.2 Å². The SMILES string of the molecule is O=C(OCc1cc(I)cc(I)c1I)C(F)(F)C(F)(F)C(F)(F)F. The third-order valence-corrected chi connectivity index (χ3v) is 6.21. The van der Waals surface area contributed by atoms with Gasteiger partial charge in [-0.05, 0) is 79.9 Å². The van der Waals surface area contributed by atoms with Crippen LogP contribution in [0.5, 0.6) is 0 Å². The average molecular weight is 682 g/mol. The Morgan fingerprint density at radius 3 is 2.00 bits per heavy atom. The van der Waals surface area contributed by atoms with Gasteiger partial charge in [0.1, 0.15) is 6.61 Å². The van der Waals surface area contributed by atoms with Gasteiger partial charge in [-0.25, -0.2) is 4.79 Å². The van der Waals surface area contributed by atoms with Crippen LogP contribution in [0.4, 0.5) is 30.7 Å². The maximum Gasteiger partial charge on any atom is 0.460 e. The fourth-order valence-electron chi connectivity index (χ4n) is 1.25. The van der Waals surface area contributed by atoms with Gasteiger partial charge >= 0.3 is 24.0 Å². The first-order valence-electron chi connectivity index (χ1n) is 5.34. The molecule has 0 radical (unpaired) electrons. The molecule has 2 nitrogen and oxygen atoms in total. The van der Waals surface area contributed by atoms with Gasteiger partial charge in [-0.1, -0.05) is 0 Å². The number of ether oxygens (including phenoxy) is 1. The van der Waals surface area contributed by atoms with Crippen molar-refractivity contribution in [1.29, 1.82) is 0 Å². The van der Waals surface area contributed by atoms with Gasteiger partial charge in [0.2, 0.25) is 0 Å². The lowest BCUT2D eigenvalue weighted by Crippen LogP contribution is -2.56. The number of carbonyl (C=O) groups is 1. The largest absolute Gasteiger partial charge is 0.460 e. The van der Waals surface area contributed by atoms with E-state index in [1.54, 1.807) is 28.7 Å². The monoisotopic (exact) mass is 682 g/mol. The van der Waals surface area contributed by atoms with Crippen molar-refractivity contribution in [2.45, 2.75) is 24.6 Å². The number of carbonyl (C=O) groups excluding carboxylic acids is 1. The molecule has 0 unspecified atom stereocenters. The molecule has 1 aromatic rings. The summed E-state index contributed by atoms with van der Waals surface area (Å²) in [5.74, 6) is -15.5. The highest BCUT2D eigenvalue weighted by molar-refractivity contribution is 14.1. The molecule has 1 rings (SSSR count). The van der Waals surface area contributed by atoms with Gasteiger partial charge < -0.3 is 4.74 Å². The third-order valence-electron chi connectivity index (χ3n) is 2.43. The van der Waals surface area contributed by atoms with Gasteiger partial charge in [0.25, 0.3) is 0 Å². The number of hydrogen-bond acceptors (Lipinski definition) is 2. The van der Waals surface area contributed by atoms with Crippen LogP contribution in [0.1, 0.15) is 5.56 Å². The van der Waals surface area contributed by atoms with Crippen molar-refractivity contribution in [2.24, 2.45) is 0 Å². The second-order valence-corrected chi connectivity index (χ2v) is 7.57. The van der Waals surface area contributed by atoms with E-state index in [-0.39, 0.29) is 5.56 Å². The summed E-state index contributed by atoms with van der Waals surface area (Å²) >= 11 is 5.58. The molecule has 0 heterocycles. The van der Waals surface area contributed by atoms with Crippen molar-refractivity contribution in [3.63, 3.8) is 0 Å².